The summed E-state index contributed by atoms with van der Waals surface area (Å²) in [7, 11) is 1.49. The number of carbonyl (C=O) groups excluding carboxylic acids is 1. The van der Waals surface area contributed by atoms with Crippen LogP contribution in [0.1, 0.15) is 13.8 Å². The Morgan fingerprint density at radius 3 is 2.52 bits per heavy atom. The van der Waals surface area contributed by atoms with Crippen molar-refractivity contribution < 1.29 is 27.8 Å². The van der Waals surface area contributed by atoms with Gasteiger partial charge in [0.1, 0.15) is 5.75 Å². The van der Waals surface area contributed by atoms with Crippen LogP contribution in [0.5, 0.6) is 5.75 Å². The lowest BCUT2D eigenvalue weighted by molar-refractivity contribution is -0.140. The SMILES string of the molecule is CCOC(C)=O.COCOc1ccc(NS(=O)[O-])cc1Cl. The molecule has 1 unspecified atom stereocenters. The molecular formula is C12H17ClNO6S-. The number of hydrogen-bond acceptors (Lipinski definition) is 6. The van der Waals surface area contributed by atoms with Crippen molar-refractivity contribution in [1.82, 2.24) is 0 Å². The Morgan fingerprint density at radius 2 is 2.14 bits per heavy atom. The first-order chi connectivity index (χ1) is 9.90. The molecule has 0 aliphatic heterocycles. The fourth-order valence-electron chi connectivity index (χ4n) is 1.10. The van der Waals surface area contributed by atoms with Gasteiger partial charge in [-0.15, -0.1) is 0 Å². The zero-order valence-corrected chi connectivity index (χ0v) is 13.5. The number of methoxy groups -OCH3 is 1. The second-order valence-electron chi connectivity index (χ2n) is 3.46. The maximum atomic E-state index is 10.3. The maximum Gasteiger partial charge on any atom is 0.302 e. The van der Waals surface area contributed by atoms with Crippen LogP contribution in [0.4, 0.5) is 5.69 Å². The molecule has 0 amide bonds. The van der Waals surface area contributed by atoms with Crippen molar-refractivity contribution in [3.63, 3.8) is 0 Å². The van der Waals surface area contributed by atoms with E-state index in [1.165, 1.54) is 26.2 Å². The molecule has 1 atom stereocenters. The van der Waals surface area contributed by atoms with Crippen LogP contribution in [-0.4, -0.2) is 35.2 Å². The first kappa shape index (κ1) is 19.7. The van der Waals surface area contributed by atoms with Gasteiger partial charge >= 0.3 is 5.97 Å². The molecule has 0 aliphatic rings. The lowest BCUT2D eigenvalue weighted by Crippen LogP contribution is -2.03. The largest absolute Gasteiger partial charge is 0.755 e. The van der Waals surface area contributed by atoms with Gasteiger partial charge in [0.2, 0.25) is 0 Å². The van der Waals surface area contributed by atoms with E-state index < -0.39 is 11.3 Å². The molecule has 7 nitrogen and oxygen atoms in total. The second kappa shape index (κ2) is 11.3. The van der Waals surface area contributed by atoms with Crippen molar-refractivity contribution >= 4 is 34.5 Å². The third-order valence-corrected chi connectivity index (χ3v) is 2.51. The van der Waals surface area contributed by atoms with Gasteiger partial charge in [-0.05, 0) is 25.1 Å². The highest BCUT2D eigenvalue weighted by atomic mass is 35.5. The van der Waals surface area contributed by atoms with Gasteiger partial charge < -0.3 is 23.5 Å². The molecule has 0 aliphatic carbocycles. The van der Waals surface area contributed by atoms with Crippen molar-refractivity contribution in [3.8, 4) is 5.75 Å². The zero-order valence-electron chi connectivity index (χ0n) is 11.9. The van der Waals surface area contributed by atoms with Crippen LogP contribution in [0, 0.1) is 0 Å². The van der Waals surface area contributed by atoms with E-state index in [1.807, 2.05) is 0 Å². The van der Waals surface area contributed by atoms with E-state index in [4.69, 9.17) is 21.1 Å². The number of hydrogen-bond donors (Lipinski definition) is 1. The smallest absolute Gasteiger partial charge is 0.302 e. The highest BCUT2D eigenvalue weighted by Crippen LogP contribution is 2.27. The standard InChI is InChI=1S/C8H10ClNO4S.C4H8O2/c1-13-5-14-8-3-2-6(4-7(8)9)10-15(11)12;1-3-6-4(2)5/h2-4,10H,5H2,1H3,(H,11,12);3H2,1-2H3/p-1. The van der Waals surface area contributed by atoms with Gasteiger partial charge in [-0.25, -0.2) is 0 Å². The quantitative estimate of drug-likeness (QED) is 0.484. The number of carbonyl (C=O) groups is 1. The molecule has 120 valence electrons. The summed E-state index contributed by atoms with van der Waals surface area (Å²) in [4.78, 5) is 9.82. The van der Waals surface area contributed by atoms with Gasteiger partial charge in [-0.3, -0.25) is 9.00 Å². The molecule has 0 spiro atoms. The molecule has 0 radical (unpaired) electrons. The van der Waals surface area contributed by atoms with Crippen molar-refractivity contribution in [1.29, 1.82) is 0 Å². The van der Waals surface area contributed by atoms with Gasteiger partial charge in [0.05, 0.1) is 11.6 Å². The van der Waals surface area contributed by atoms with Crippen LogP contribution in [0.3, 0.4) is 0 Å². The van der Waals surface area contributed by atoms with E-state index in [1.54, 1.807) is 13.0 Å². The highest BCUT2D eigenvalue weighted by molar-refractivity contribution is 7.80. The molecular weight excluding hydrogens is 322 g/mol. The minimum absolute atomic E-state index is 0.0833. The highest BCUT2D eigenvalue weighted by Gasteiger charge is 2.02. The fourth-order valence-corrected chi connectivity index (χ4v) is 1.66. The van der Waals surface area contributed by atoms with Gasteiger partial charge in [0.25, 0.3) is 0 Å². The van der Waals surface area contributed by atoms with E-state index in [9.17, 15) is 13.6 Å². The minimum Gasteiger partial charge on any atom is -0.755 e. The minimum atomic E-state index is -2.36. The summed E-state index contributed by atoms with van der Waals surface area (Å²) in [5.74, 6) is 0.221. The Morgan fingerprint density at radius 1 is 1.48 bits per heavy atom. The average molecular weight is 339 g/mol. The number of esters is 1. The zero-order chi connectivity index (χ0) is 16.3. The number of halogens is 1. The summed E-state index contributed by atoms with van der Waals surface area (Å²) in [6, 6.07) is 4.53. The summed E-state index contributed by atoms with van der Waals surface area (Å²) >= 11 is 3.47. The van der Waals surface area contributed by atoms with E-state index in [2.05, 4.69) is 9.46 Å². The monoisotopic (exact) mass is 338 g/mol. The maximum absolute atomic E-state index is 10.3. The summed E-state index contributed by atoms with van der Waals surface area (Å²) < 4.78 is 37.1. The van der Waals surface area contributed by atoms with Crippen LogP contribution >= 0.6 is 11.6 Å². The van der Waals surface area contributed by atoms with Crippen molar-refractivity contribution in [3.05, 3.63) is 23.2 Å². The Hall–Kier alpha value is -1.35. The number of ether oxygens (including phenoxy) is 3. The molecule has 0 saturated heterocycles. The van der Waals surface area contributed by atoms with Crippen LogP contribution in [0.15, 0.2) is 18.2 Å². The predicted octanol–water partition coefficient (Wildman–Crippen LogP) is 2.10. The first-order valence-electron chi connectivity index (χ1n) is 5.81. The molecule has 1 aromatic rings. The normalized spacial score (nSPS) is 10.9. The van der Waals surface area contributed by atoms with E-state index in [0.29, 0.717) is 23.1 Å². The predicted molar refractivity (Wildman–Crippen MR) is 78.8 cm³/mol. The molecule has 0 saturated carbocycles. The lowest BCUT2D eigenvalue weighted by Gasteiger charge is -2.11. The Bertz CT molecular complexity index is 471. The third kappa shape index (κ3) is 10.1. The fraction of sp³-hybridized carbons (Fsp3) is 0.417. The second-order valence-corrected chi connectivity index (χ2v) is 4.54. The summed E-state index contributed by atoms with van der Waals surface area (Å²) in [6.07, 6.45) is 0. The van der Waals surface area contributed by atoms with Gasteiger partial charge in [-0.1, -0.05) is 11.6 Å². The van der Waals surface area contributed by atoms with Gasteiger partial charge in [0.15, 0.2) is 6.79 Å². The van der Waals surface area contributed by atoms with E-state index in [0.717, 1.165) is 0 Å². The molecule has 1 N–H and O–H groups in total. The van der Waals surface area contributed by atoms with Crippen LogP contribution in [-0.2, 0) is 25.5 Å². The molecule has 0 fully saturated rings. The summed E-state index contributed by atoms with van der Waals surface area (Å²) in [6.45, 7) is 3.74. The summed E-state index contributed by atoms with van der Waals surface area (Å²) in [5, 5.41) is 0.308. The molecule has 0 bridgehead atoms. The third-order valence-electron chi connectivity index (χ3n) is 1.81. The van der Waals surface area contributed by atoms with Crippen LogP contribution < -0.4 is 9.46 Å². The van der Waals surface area contributed by atoms with Crippen LogP contribution in [0.2, 0.25) is 5.02 Å². The lowest BCUT2D eigenvalue weighted by atomic mass is 10.3. The van der Waals surface area contributed by atoms with E-state index in [-0.39, 0.29) is 12.8 Å². The number of benzene rings is 1. The molecule has 0 aromatic heterocycles. The van der Waals surface area contributed by atoms with Crippen molar-refractivity contribution in [2.24, 2.45) is 0 Å². The number of rotatable bonds is 6. The number of anilines is 1. The Kier molecular flexibility index (Phi) is 10.6. The topological polar surface area (TPSA) is 96.9 Å². The van der Waals surface area contributed by atoms with Gasteiger partial charge in [0, 0.05) is 31.0 Å². The van der Waals surface area contributed by atoms with E-state index >= 15 is 0 Å². The van der Waals surface area contributed by atoms with Gasteiger partial charge in [-0.2, -0.15) is 0 Å². The van der Waals surface area contributed by atoms with Crippen LogP contribution in [0.25, 0.3) is 0 Å². The van der Waals surface area contributed by atoms with Crippen molar-refractivity contribution in [2.45, 2.75) is 13.8 Å². The summed E-state index contributed by atoms with van der Waals surface area (Å²) in [5.41, 5.74) is 0.373. The average Bonchev–Trinajstić information content (AvgIpc) is 2.37. The molecule has 21 heavy (non-hydrogen) atoms. The molecule has 9 heteroatoms. The Balaban J connectivity index is 0.000000567. The molecule has 1 aromatic carbocycles. The number of nitrogens with one attached hydrogen (secondary N) is 1. The molecule has 1 rings (SSSR count). The molecule has 0 heterocycles. The first-order valence-corrected chi connectivity index (χ1v) is 7.26. The Labute approximate surface area is 130 Å². The van der Waals surface area contributed by atoms with Crippen molar-refractivity contribution in [2.75, 3.05) is 25.2 Å².